The summed E-state index contributed by atoms with van der Waals surface area (Å²) in [6.07, 6.45) is 3.69. The fraction of sp³-hybridized carbons (Fsp3) is 0.227. The maximum Gasteiger partial charge on any atom is 0.240 e. The van der Waals surface area contributed by atoms with Crippen LogP contribution in [-0.2, 0) is 14.4 Å². The molecule has 3 amide bonds. The highest BCUT2D eigenvalue weighted by Crippen LogP contribution is 2.52. The number of benzene rings is 2. The summed E-state index contributed by atoms with van der Waals surface area (Å²) in [5.41, 5.74) is 9.19. The molecule has 0 aromatic heterocycles. The molecule has 0 bridgehead atoms. The maximum absolute atomic E-state index is 13.4. The van der Waals surface area contributed by atoms with Crippen LogP contribution in [0.15, 0.2) is 54.7 Å². The van der Waals surface area contributed by atoms with E-state index < -0.39 is 23.8 Å². The van der Waals surface area contributed by atoms with Crippen molar-refractivity contribution in [2.45, 2.75) is 19.0 Å². The number of aryl methyl sites for hydroxylation is 1. The van der Waals surface area contributed by atoms with Crippen molar-refractivity contribution in [3.63, 3.8) is 0 Å². The van der Waals surface area contributed by atoms with E-state index in [1.807, 2.05) is 49.4 Å². The Hall–Kier alpha value is -3.41. The molecule has 0 saturated carbocycles. The van der Waals surface area contributed by atoms with E-state index in [1.165, 1.54) is 4.90 Å². The van der Waals surface area contributed by atoms with Gasteiger partial charge in [-0.15, -0.1) is 0 Å². The first kappa shape index (κ1) is 16.7. The molecule has 0 spiro atoms. The number of anilines is 1. The predicted molar refractivity (Wildman–Crippen MR) is 104 cm³/mol. The second-order valence-electron chi connectivity index (χ2n) is 7.58. The highest BCUT2D eigenvalue weighted by molar-refractivity contribution is 6.24. The normalized spacial score (nSPS) is 27.6. The Labute approximate surface area is 162 Å². The molecule has 2 saturated heterocycles. The van der Waals surface area contributed by atoms with Gasteiger partial charge in [-0.1, -0.05) is 42.0 Å². The molecule has 5 rings (SSSR count). The topological polar surface area (TPSA) is 83.7 Å². The number of rotatable bonds is 2. The first-order valence-corrected chi connectivity index (χ1v) is 9.27. The summed E-state index contributed by atoms with van der Waals surface area (Å²) in [6, 6.07) is 13.8. The highest BCUT2D eigenvalue weighted by atomic mass is 16.2. The molecule has 2 aromatic carbocycles. The summed E-state index contributed by atoms with van der Waals surface area (Å²) in [4.78, 5) is 42.1. The third kappa shape index (κ3) is 2.11. The van der Waals surface area contributed by atoms with Crippen LogP contribution in [0.4, 0.5) is 5.69 Å². The van der Waals surface area contributed by atoms with Gasteiger partial charge in [0.25, 0.3) is 0 Å². The van der Waals surface area contributed by atoms with Crippen molar-refractivity contribution in [3.8, 4) is 0 Å². The zero-order valence-electron chi connectivity index (χ0n) is 15.3. The lowest BCUT2D eigenvalue weighted by atomic mass is 9.84. The van der Waals surface area contributed by atoms with Crippen LogP contribution in [0.3, 0.4) is 0 Å². The van der Waals surface area contributed by atoms with Gasteiger partial charge in [0, 0.05) is 6.20 Å². The molecule has 2 N–H and O–H groups in total. The van der Waals surface area contributed by atoms with Crippen molar-refractivity contribution in [1.82, 2.24) is 4.90 Å². The smallest absolute Gasteiger partial charge is 0.240 e. The summed E-state index contributed by atoms with van der Waals surface area (Å²) in [5, 5.41) is 0. The fourth-order valence-corrected chi connectivity index (χ4v) is 4.83. The van der Waals surface area contributed by atoms with E-state index in [9.17, 15) is 14.4 Å². The van der Waals surface area contributed by atoms with E-state index in [-0.39, 0.29) is 17.9 Å². The zero-order chi connectivity index (χ0) is 19.6. The average molecular weight is 373 g/mol. The number of primary amides is 1. The van der Waals surface area contributed by atoms with Crippen LogP contribution in [0.25, 0.3) is 6.08 Å². The molecule has 4 atom stereocenters. The molecule has 140 valence electrons. The van der Waals surface area contributed by atoms with E-state index in [0.717, 1.165) is 16.7 Å². The number of nitrogens with two attached hydrogens (primary N) is 1. The maximum atomic E-state index is 13.4. The summed E-state index contributed by atoms with van der Waals surface area (Å²) in [5.74, 6) is -2.65. The van der Waals surface area contributed by atoms with E-state index in [1.54, 1.807) is 23.2 Å². The Bertz CT molecular complexity index is 1040. The van der Waals surface area contributed by atoms with Gasteiger partial charge in [0.15, 0.2) is 0 Å². The van der Waals surface area contributed by atoms with Gasteiger partial charge < -0.3 is 10.6 Å². The number of imide groups is 1. The molecule has 6 nitrogen and oxygen atoms in total. The van der Waals surface area contributed by atoms with Gasteiger partial charge in [0.1, 0.15) is 6.04 Å². The number of amides is 3. The first-order valence-electron chi connectivity index (χ1n) is 9.27. The van der Waals surface area contributed by atoms with Crippen molar-refractivity contribution in [3.05, 3.63) is 71.4 Å². The Morgan fingerprint density at radius 2 is 1.64 bits per heavy atom. The summed E-state index contributed by atoms with van der Waals surface area (Å²) in [7, 11) is 0. The van der Waals surface area contributed by atoms with Gasteiger partial charge in [-0.3, -0.25) is 14.4 Å². The van der Waals surface area contributed by atoms with Gasteiger partial charge in [0.2, 0.25) is 17.7 Å². The van der Waals surface area contributed by atoms with Crippen molar-refractivity contribution in [2.24, 2.45) is 17.6 Å². The van der Waals surface area contributed by atoms with E-state index in [2.05, 4.69) is 0 Å². The standard InChI is InChI=1S/C22H19N3O3/c1-12-6-8-14(9-7-12)25-21(27)16-17(22(25)28)19(20(23)26)24-11-10-13-4-2-3-5-15(13)18(16)24/h2-11,16-19H,1H3,(H2,23,26)/t16-,17+,18-,19+/m0/s1. The largest absolute Gasteiger partial charge is 0.368 e. The minimum atomic E-state index is -0.841. The van der Waals surface area contributed by atoms with Crippen LogP contribution >= 0.6 is 0 Å². The lowest BCUT2D eigenvalue weighted by Crippen LogP contribution is -2.46. The van der Waals surface area contributed by atoms with Gasteiger partial charge in [-0.2, -0.15) is 0 Å². The Balaban J connectivity index is 1.65. The Kier molecular flexibility index (Phi) is 3.46. The Morgan fingerprint density at radius 1 is 0.964 bits per heavy atom. The minimum absolute atomic E-state index is 0.275. The number of fused-ring (bicyclic) bond motifs is 5. The third-order valence-corrected chi connectivity index (χ3v) is 6.05. The third-order valence-electron chi connectivity index (χ3n) is 6.05. The predicted octanol–water partition coefficient (Wildman–Crippen LogP) is 2.00. The second-order valence-corrected chi connectivity index (χ2v) is 7.58. The van der Waals surface area contributed by atoms with Crippen LogP contribution in [-0.4, -0.2) is 28.7 Å². The van der Waals surface area contributed by atoms with E-state index in [0.29, 0.717) is 5.69 Å². The minimum Gasteiger partial charge on any atom is -0.368 e. The van der Waals surface area contributed by atoms with Crippen molar-refractivity contribution >= 4 is 29.5 Å². The fourth-order valence-electron chi connectivity index (χ4n) is 4.83. The van der Waals surface area contributed by atoms with Gasteiger partial charge in [-0.05, 0) is 36.3 Å². The molecular formula is C22H19N3O3. The van der Waals surface area contributed by atoms with Crippen molar-refractivity contribution < 1.29 is 14.4 Å². The number of carbonyl (C=O) groups is 3. The first-order chi connectivity index (χ1) is 13.5. The summed E-state index contributed by atoms with van der Waals surface area (Å²) < 4.78 is 0. The molecule has 3 heterocycles. The van der Waals surface area contributed by atoms with E-state index in [4.69, 9.17) is 5.73 Å². The van der Waals surface area contributed by atoms with Gasteiger partial charge >= 0.3 is 0 Å². The molecule has 2 aromatic rings. The van der Waals surface area contributed by atoms with E-state index >= 15 is 0 Å². The molecule has 2 fully saturated rings. The molecule has 3 aliphatic heterocycles. The van der Waals surface area contributed by atoms with Crippen LogP contribution in [0, 0.1) is 18.8 Å². The summed E-state index contributed by atoms with van der Waals surface area (Å²) >= 11 is 0. The van der Waals surface area contributed by atoms with Crippen molar-refractivity contribution in [1.29, 1.82) is 0 Å². The highest BCUT2D eigenvalue weighted by Gasteiger charge is 2.64. The molecule has 0 aliphatic carbocycles. The molecule has 0 radical (unpaired) electrons. The molecule has 0 unspecified atom stereocenters. The van der Waals surface area contributed by atoms with Gasteiger partial charge in [0.05, 0.1) is 23.6 Å². The number of nitrogens with zero attached hydrogens (tertiary/aromatic N) is 2. The quantitative estimate of drug-likeness (QED) is 0.816. The Morgan fingerprint density at radius 3 is 2.36 bits per heavy atom. The monoisotopic (exact) mass is 373 g/mol. The van der Waals surface area contributed by atoms with Crippen LogP contribution in [0.1, 0.15) is 22.7 Å². The van der Waals surface area contributed by atoms with Gasteiger partial charge in [-0.25, -0.2) is 4.90 Å². The summed E-state index contributed by atoms with van der Waals surface area (Å²) in [6.45, 7) is 1.94. The second kappa shape index (κ2) is 5.79. The molecule has 3 aliphatic rings. The SMILES string of the molecule is Cc1ccc(N2C(=O)[C@@H]3[C@H](C2=O)[C@@H]2c4ccccc4C=CN2[C@H]3C(N)=O)cc1. The molecular weight excluding hydrogens is 354 g/mol. The average Bonchev–Trinajstić information content (AvgIpc) is 3.16. The molecule has 6 heteroatoms. The lowest BCUT2D eigenvalue weighted by molar-refractivity contribution is -0.129. The molecule has 28 heavy (non-hydrogen) atoms. The number of hydrogen-bond acceptors (Lipinski definition) is 4. The lowest BCUT2D eigenvalue weighted by Gasteiger charge is -2.34. The van der Waals surface area contributed by atoms with Crippen LogP contribution in [0.5, 0.6) is 0 Å². The number of carbonyl (C=O) groups excluding carboxylic acids is 3. The van der Waals surface area contributed by atoms with Crippen LogP contribution in [0.2, 0.25) is 0 Å². The van der Waals surface area contributed by atoms with Crippen molar-refractivity contribution in [2.75, 3.05) is 4.90 Å². The zero-order valence-corrected chi connectivity index (χ0v) is 15.3. The number of hydrogen-bond donors (Lipinski definition) is 1. The van der Waals surface area contributed by atoms with Crippen LogP contribution < -0.4 is 10.6 Å².